The van der Waals surface area contributed by atoms with E-state index in [9.17, 15) is 14.4 Å². The highest BCUT2D eigenvalue weighted by atomic mass is 32.2. The van der Waals surface area contributed by atoms with E-state index in [0.29, 0.717) is 23.7 Å². The van der Waals surface area contributed by atoms with E-state index >= 15 is 0 Å². The van der Waals surface area contributed by atoms with Gasteiger partial charge in [-0.3, -0.25) is 14.4 Å². The molecule has 150 valence electrons. The molecule has 0 bridgehead atoms. The number of rotatable bonds is 5. The minimum Gasteiger partial charge on any atom is -0.346 e. The predicted molar refractivity (Wildman–Crippen MR) is 112 cm³/mol. The molecule has 2 atom stereocenters. The molecule has 0 unspecified atom stereocenters. The molecule has 3 amide bonds. The molecule has 2 aromatic rings. The SMILES string of the molecule is C[C@@H](NC(=O)c1ccc(CN2CC(=O)N3CSC[C@@H]3C2=O)cc1)c1ccccc1. The van der Waals surface area contributed by atoms with Crippen LogP contribution in [0, 0.1) is 0 Å². The van der Waals surface area contributed by atoms with Crippen molar-refractivity contribution in [1.29, 1.82) is 0 Å². The molecule has 0 radical (unpaired) electrons. The van der Waals surface area contributed by atoms with Crippen molar-refractivity contribution in [2.24, 2.45) is 0 Å². The molecule has 0 spiro atoms. The van der Waals surface area contributed by atoms with Gasteiger partial charge in [0.15, 0.2) is 0 Å². The van der Waals surface area contributed by atoms with Crippen LogP contribution in [0.3, 0.4) is 0 Å². The van der Waals surface area contributed by atoms with Crippen molar-refractivity contribution in [1.82, 2.24) is 15.1 Å². The van der Waals surface area contributed by atoms with Crippen LogP contribution in [0.1, 0.15) is 34.5 Å². The Morgan fingerprint density at radius 3 is 2.59 bits per heavy atom. The van der Waals surface area contributed by atoms with E-state index in [2.05, 4.69) is 5.32 Å². The van der Waals surface area contributed by atoms with E-state index in [1.807, 2.05) is 49.4 Å². The molecule has 7 heteroatoms. The first-order valence-corrected chi connectivity index (χ1v) is 10.8. The highest BCUT2D eigenvalue weighted by molar-refractivity contribution is 7.99. The molecule has 29 heavy (non-hydrogen) atoms. The van der Waals surface area contributed by atoms with Gasteiger partial charge in [0.05, 0.1) is 11.9 Å². The maximum absolute atomic E-state index is 12.6. The second-order valence-electron chi connectivity index (χ2n) is 7.38. The first-order valence-electron chi connectivity index (χ1n) is 9.63. The third-order valence-electron chi connectivity index (χ3n) is 5.36. The number of nitrogens with zero attached hydrogens (tertiary/aromatic N) is 2. The third-order valence-corrected chi connectivity index (χ3v) is 6.37. The van der Waals surface area contributed by atoms with Crippen molar-refractivity contribution in [3.8, 4) is 0 Å². The molecule has 2 fully saturated rings. The molecule has 2 saturated heterocycles. The van der Waals surface area contributed by atoms with Crippen LogP contribution in [0.15, 0.2) is 54.6 Å². The number of carbonyl (C=O) groups excluding carboxylic acids is 3. The number of amides is 3. The minimum absolute atomic E-state index is 0.00509. The summed E-state index contributed by atoms with van der Waals surface area (Å²) in [6.45, 7) is 2.44. The second kappa shape index (κ2) is 8.29. The lowest BCUT2D eigenvalue weighted by Crippen LogP contribution is -2.57. The van der Waals surface area contributed by atoms with E-state index in [4.69, 9.17) is 0 Å². The van der Waals surface area contributed by atoms with Gasteiger partial charge in [0, 0.05) is 17.9 Å². The van der Waals surface area contributed by atoms with Crippen molar-refractivity contribution in [2.45, 2.75) is 25.6 Å². The molecule has 6 nitrogen and oxygen atoms in total. The number of carbonyl (C=O) groups is 3. The molecule has 0 aromatic heterocycles. The molecular weight excluding hydrogens is 386 g/mol. The Bertz CT molecular complexity index is 917. The highest BCUT2D eigenvalue weighted by Gasteiger charge is 2.42. The van der Waals surface area contributed by atoms with Crippen LogP contribution in [-0.2, 0) is 16.1 Å². The van der Waals surface area contributed by atoms with E-state index in [1.54, 1.807) is 33.7 Å². The van der Waals surface area contributed by atoms with Gasteiger partial charge in [0.25, 0.3) is 5.91 Å². The van der Waals surface area contributed by atoms with Gasteiger partial charge in [-0.05, 0) is 30.2 Å². The van der Waals surface area contributed by atoms with Crippen LogP contribution < -0.4 is 5.32 Å². The van der Waals surface area contributed by atoms with Crippen LogP contribution in [0.4, 0.5) is 0 Å². The fraction of sp³-hybridized carbons (Fsp3) is 0.318. The van der Waals surface area contributed by atoms with Crippen LogP contribution in [-0.4, -0.2) is 51.7 Å². The standard InChI is InChI=1S/C22H23N3O3S/c1-15(17-5-3-2-4-6-17)23-21(27)18-9-7-16(8-10-18)11-24-12-20(26)25-14-29-13-19(25)22(24)28/h2-10,15,19H,11-14H2,1H3,(H,23,27)/t15-,19-/m1/s1. The highest BCUT2D eigenvalue weighted by Crippen LogP contribution is 2.26. The van der Waals surface area contributed by atoms with E-state index < -0.39 is 0 Å². The summed E-state index contributed by atoms with van der Waals surface area (Å²) < 4.78 is 0. The number of benzene rings is 2. The summed E-state index contributed by atoms with van der Waals surface area (Å²) in [6, 6.07) is 16.6. The maximum atomic E-state index is 12.6. The monoisotopic (exact) mass is 409 g/mol. The molecule has 2 aliphatic heterocycles. The Morgan fingerprint density at radius 1 is 1.14 bits per heavy atom. The Labute approximate surface area is 174 Å². The van der Waals surface area contributed by atoms with Gasteiger partial charge in [-0.15, -0.1) is 11.8 Å². The molecular formula is C22H23N3O3S. The first kappa shape index (κ1) is 19.5. The smallest absolute Gasteiger partial charge is 0.251 e. The zero-order valence-electron chi connectivity index (χ0n) is 16.2. The van der Waals surface area contributed by atoms with Gasteiger partial charge in [-0.2, -0.15) is 0 Å². The first-order chi connectivity index (χ1) is 14.0. The number of piperazine rings is 1. The maximum Gasteiger partial charge on any atom is 0.251 e. The predicted octanol–water partition coefficient (Wildman–Crippen LogP) is 2.42. The topological polar surface area (TPSA) is 69.7 Å². The molecule has 2 aromatic carbocycles. The number of hydrogen-bond acceptors (Lipinski definition) is 4. The normalized spacial score (nSPS) is 19.8. The molecule has 0 saturated carbocycles. The molecule has 4 rings (SSSR count). The summed E-state index contributed by atoms with van der Waals surface area (Å²) in [7, 11) is 0. The molecule has 2 aliphatic rings. The lowest BCUT2D eigenvalue weighted by Gasteiger charge is -2.35. The number of thioether (sulfide) groups is 1. The lowest BCUT2D eigenvalue weighted by molar-refractivity contribution is -0.153. The zero-order valence-corrected chi connectivity index (χ0v) is 17.0. The van der Waals surface area contributed by atoms with Crippen LogP contribution in [0.25, 0.3) is 0 Å². The summed E-state index contributed by atoms with van der Waals surface area (Å²) >= 11 is 1.62. The van der Waals surface area contributed by atoms with Crippen molar-refractivity contribution in [2.75, 3.05) is 18.2 Å². The Hall–Kier alpha value is -2.80. The minimum atomic E-state index is -0.328. The van der Waals surface area contributed by atoms with Gasteiger partial charge >= 0.3 is 0 Å². The summed E-state index contributed by atoms with van der Waals surface area (Å²) in [4.78, 5) is 40.7. The van der Waals surface area contributed by atoms with Gasteiger partial charge in [0.2, 0.25) is 11.8 Å². The average Bonchev–Trinajstić information content (AvgIpc) is 3.24. The van der Waals surface area contributed by atoms with Crippen LogP contribution >= 0.6 is 11.8 Å². The van der Waals surface area contributed by atoms with Gasteiger partial charge in [0.1, 0.15) is 12.6 Å². The van der Waals surface area contributed by atoms with Crippen molar-refractivity contribution < 1.29 is 14.4 Å². The summed E-state index contributed by atoms with van der Waals surface area (Å²) in [5.74, 6) is 1.14. The van der Waals surface area contributed by atoms with E-state index in [0.717, 1.165) is 11.1 Å². The van der Waals surface area contributed by atoms with Crippen molar-refractivity contribution >= 4 is 29.5 Å². The number of nitrogens with one attached hydrogen (secondary N) is 1. The summed E-state index contributed by atoms with van der Waals surface area (Å²) in [5, 5.41) is 3.00. The van der Waals surface area contributed by atoms with E-state index in [-0.39, 0.29) is 36.3 Å². The zero-order chi connectivity index (χ0) is 20.4. The summed E-state index contributed by atoms with van der Waals surface area (Å²) in [5.41, 5.74) is 2.51. The van der Waals surface area contributed by atoms with Crippen molar-refractivity contribution in [3.63, 3.8) is 0 Å². The number of fused-ring (bicyclic) bond motifs is 1. The Balaban J connectivity index is 1.38. The Kier molecular flexibility index (Phi) is 5.58. The summed E-state index contributed by atoms with van der Waals surface area (Å²) in [6.07, 6.45) is 0. The van der Waals surface area contributed by atoms with Crippen LogP contribution in [0.2, 0.25) is 0 Å². The molecule has 2 heterocycles. The average molecular weight is 410 g/mol. The van der Waals surface area contributed by atoms with Crippen LogP contribution in [0.5, 0.6) is 0 Å². The largest absolute Gasteiger partial charge is 0.346 e. The Morgan fingerprint density at radius 2 is 1.86 bits per heavy atom. The van der Waals surface area contributed by atoms with Crippen molar-refractivity contribution in [3.05, 3.63) is 71.3 Å². The fourth-order valence-electron chi connectivity index (χ4n) is 3.66. The van der Waals surface area contributed by atoms with E-state index in [1.165, 1.54) is 0 Å². The number of hydrogen-bond donors (Lipinski definition) is 1. The quantitative estimate of drug-likeness (QED) is 0.824. The van der Waals surface area contributed by atoms with Gasteiger partial charge in [-0.25, -0.2) is 0 Å². The molecule has 1 N–H and O–H groups in total. The molecule has 0 aliphatic carbocycles. The fourth-order valence-corrected chi connectivity index (χ4v) is 4.83. The third kappa shape index (κ3) is 4.15. The van der Waals surface area contributed by atoms with Gasteiger partial charge < -0.3 is 15.1 Å². The lowest BCUT2D eigenvalue weighted by atomic mass is 10.1. The second-order valence-corrected chi connectivity index (χ2v) is 8.38. The van der Waals surface area contributed by atoms with Gasteiger partial charge in [-0.1, -0.05) is 42.5 Å².